The van der Waals surface area contributed by atoms with Gasteiger partial charge in [0.25, 0.3) is 0 Å². The van der Waals surface area contributed by atoms with Crippen molar-refractivity contribution in [2.45, 2.75) is 6.04 Å². The van der Waals surface area contributed by atoms with Crippen molar-refractivity contribution in [3.05, 3.63) is 95.0 Å². The molecule has 28 heavy (non-hydrogen) atoms. The zero-order chi connectivity index (χ0) is 19.1. The van der Waals surface area contributed by atoms with Gasteiger partial charge in [-0.25, -0.2) is 4.98 Å². The van der Waals surface area contributed by atoms with Crippen LogP contribution in [-0.4, -0.2) is 16.7 Å². The van der Waals surface area contributed by atoms with Crippen LogP contribution in [0.25, 0.3) is 16.7 Å². The van der Waals surface area contributed by atoms with Crippen molar-refractivity contribution < 1.29 is 4.74 Å². The van der Waals surface area contributed by atoms with Crippen molar-refractivity contribution in [1.29, 1.82) is 0 Å². The number of methoxy groups -OCH3 is 1. The maximum atomic E-state index is 6.12. The molecule has 0 unspecified atom stereocenters. The van der Waals surface area contributed by atoms with E-state index in [9.17, 15) is 0 Å². The van der Waals surface area contributed by atoms with E-state index in [0.717, 1.165) is 44.6 Å². The summed E-state index contributed by atoms with van der Waals surface area (Å²) in [6.07, 6.45) is 2.23. The van der Waals surface area contributed by atoms with Crippen molar-refractivity contribution in [2.24, 2.45) is 0 Å². The number of anilines is 1. The Kier molecular flexibility index (Phi) is 4.06. The quantitative estimate of drug-likeness (QED) is 0.486. The zero-order valence-electron chi connectivity index (χ0n) is 15.3. The summed E-state index contributed by atoms with van der Waals surface area (Å²) in [4.78, 5) is 4.82. The molecule has 1 aliphatic rings. The fraction of sp³-hybridized carbons (Fsp3) is 0.0870. The molecule has 0 saturated carbocycles. The Balaban J connectivity index is 1.67. The van der Waals surface area contributed by atoms with Crippen molar-refractivity contribution in [1.82, 2.24) is 9.55 Å². The second-order valence-electron chi connectivity index (χ2n) is 6.72. The molecule has 0 saturated heterocycles. The number of aromatic nitrogens is 2. The first-order chi connectivity index (χ1) is 13.7. The fourth-order valence-corrected chi connectivity index (χ4v) is 3.78. The van der Waals surface area contributed by atoms with Crippen LogP contribution < -0.4 is 10.1 Å². The number of imidazole rings is 1. The number of benzene rings is 3. The van der Waals surface area contributed by atoms with Gasteiger partial charge in [0, 0.05) is 10.7 Å². The Morgan fingerprint density at radius 3 is 2.46 bits per heavy atom. The predicted octanol–water partition coefficient (Wildman–Crippen LogP) is 5.75. The van der Waals surface area contributed by atoms with Crippen molar-refractivity contribution in [2.75, 3.05) is 12.4 Å². The molecule has 1 atom stereocenters. The highest BCUT2D eigenvalue weighted by molar-refractivity contribution is 6.30. The van der Waals surface area contributed by atoms with E-state index in [1.165, 1.54) is 0 Å². The first-order valence-electron chi connectivity index (χ1n) is 9.08. The number of ether oxygens (including phenoxy) is 1. The van der Waals surface area contributed by atoms with E-state index in [2.05, 4.69) is 46.3 Å². The maximum absolute atomic E-state index is 6.12. The molecule has 0 amide bonds. The van der Waals surface area contributed by atoms with Crippen LogP contribution in [0.15, 0.2) is 78.9 Å². The molecule has 0 spiro atoms. The topological polar surface area (TPSA) is 39.1 Å². The van der Waals surface area contributed by atoms with Gasteiger partial charge in [-0.15, -0.1) is 0 Å². The third-order valence-electron chi connectivity index (χ3n) is 5.06. The third kappa shape index (κ3) is 2.83. The second kappa shape index (κ2) is 6.73. The van der Waals surface area contributed by atoms with Crippen LogP contribution in [0.2, 0.25) is 5.02 Å². The molecule has 1 aliphatic heterocycles. The lowest BCUT2D eigenvalue weighted by Crippen LogP contribution is -2.19. The highest BCUT2D eigenvalue weighted by atomic mass is 35.5. The minimum atomic E-state index is 0.0121. The normalized spacial score (nSPS) is 15.6. The molecule has 5 heteroatoms. The molecule has 0 bridgehead atoms. The molecule has 1 N–H and O–H groups in total. The third-order valence-corrected chi connectivity index (χ3v) is 5.31. The van der Waals surface area contributed by atoms with Gasteiger partial charge in [-0.2, -0.15) is 0 Å². The summed E-state index contributed by atoms with van der Waals surface area (Å²) in [5, 5.41) is 4.23. The first kappa shape index (κ1) is 16.9. The van der Waals surface area contributed by atoms with Crippen LogP contribution in [0.1, 0.15) is 17.2 Å². The lowest BCUT2D eigenvalue weighted by Gasteiger charge is -2.26. The van der Waals surface area contributed by atoms with E-state index in [0.29, 0.717) is 0 Å². The van der Waals surface area contributed by atoms with Crippen LogP contribution in [0.3, 0.4) is 0 Å². The number of halogens is 1. The van der Waals surface area contributed by atoms with Crippen LogP contribution in [0.5, 0.6) is 5.75 Å². The summed E-state index contributed by atoms with van der Waals surface area (Å²) >= 11 is 6.12. The summed E-state index contributed by atoms with van der Waals surface area (Å²) in [6, 6.07) is 24.2. The average molecular weight is 388 g/mol. The van der Waals surface area contributed by atoms with Gasteiger partial charge in [-0.3, -0.25) is 4.57 Å². The molecular weight excluding hydrogens is 370 g/mol. The van der Waals surface area contributed by atoms with Gasteiger partial charge in [0.15, 0.2) is 0 Å². The molecule has 0 radical (unpaired) electrons. The molecular formula is C23H18ClN3O. The predicted molar refractivity (Wildman–Crippen MR) is 114 cm³/mol. The number of nitrogens with zero attached hydrogens (tertiary/aromatic N) is 2. The van der Waals surface area contributed by atoms with Crippen molar-refractivity contribution >= 4 is 34.3 Å². The molecule has 1 aromatic heterocycles. The number of nitrogens with one attached hydrogen (secondary N) is 1. The molecule has 4 nitrogen and oxygen atoms in total. The number of hydrogen-bond acceptors (Lipinski definition) is 3. The van der Waals surface area contributed by atoms with E-state index in [1.807, 2.05) is 42.5 Å². The van der Waals surface area contributed by atoms with Gasteiger partial charge in [0.05, 0.1) is 24.2 Å². The van der Waals surface area contributed by atoms with Gasteiger partial charge in [0.1, 0.15) is 5.75 Å². The Labute approximate surface area is 168 Å². The molecule has 4 aromatic rings. The molecule has 3 aromatic carbocycles. The van der Waals surface area contributed by atoms with E-state index in [1.54, 1.807) is 7.11 Å². The first-order valence-corrected chi connectivity index (χ1v) is 9.46. The van der Waals surface area contributed by atoms with Crippen LogP contribution >= 0.6 is 11.6 Å². The highest BCUT2D eigenvalue weighted by Crippen LogP contribution is 2.37. The number of hydrogen-bond donors (Lipinski definition) is 1. The Hall–Kier alpha value is -3.24. The summed E-state index contributed by atoms with van der Waals surface area (Å²) in [5.74, 6) is 1.66. The molecule has 138 valence electrons. The number of para-hydroxylation sites is 2. The zero-order valence-corrected chi connectivity index (χ0v) is 16.0. The van der Waals surface area contributed by atoms with Gasteiger partial charge in [0.2, 0.25) is 5.95 Å². The molecule has 0 aliphatic carbocycles. The minimum Gasteiger partial charge on any atom is -0.497 e. The summed E-state index contributed by atoms with van der Waals surface area (Å²) in [6.45, 7) is 0. The minimum absolute atomic E-state index is 0.0121. The number of allylic oxidation sites excluding steroid dienone is 1. The maximum Gasteiger partial charge on any atom is 0.209 e. The van der Waals surface area contributed by atoms with Gasteiger partial charge < -0.3 is 10.1 Å². The van der Waals surface area contributed by atoms with E-state index in [-0.39, 0.29) is 6.04 Å². The van der Waals surface area contributed by atoms with Crippen LogP contribution in [0, 0.1) is 0 Å². The van der Waals surface area contributed by atoms with E-state index < -0.39 is 0 Å². The van der Waals surface area contributed by atoms with Crippen molar-refractivity contribution in [3.63, 3.8) is 0 Å². The summed E-state index contributed by atoms with van der Waals surface area (Å²) in [7, 11) is 1.67. The summed E-state index contributed by atoms with van der Waals surface area (Å²) < 4.78 is 7.51. The lowest BCUT2D eigenvalue weighted by molar-refractivity contribution is 0.415. The number of fused-ring (bicyclic) bond motifs is 3. The monoisotopic (exact) mass is 387 g/mol. The van der Waals surface area contributed by atoms with Gasteiger partial charge in [-0.1, -0.05) is 35.9 Å². The standard InChI is InChI=1S/C23H18ClN3O/c1-28-18-12-8-15(9-13-18)20-14-22(16-6-10-17(24)11-7-16)27-21-5-3-2-4-19(21)25-23(27)26-20/h2-14,22H,1H3,(H,25,26)/t22-/m1/s1. The van der Waals surface area contributed by atoms with E-state index in [4.69, 9.17) is 21.3 Å². The van der Waals surface area contributed by atoms with Crippen molar-refractivity contribution in [3.8, 4) is 5.75 Å². The largest absolute Gasteiger partial charge is 0.497 e. The Bertz CT molecular complexity index is 1180. The highest BCUT2D eigenvalue weighted by Gasteiger charge is 2.25. The second-order valence-corrected chi connectivity index (χ2v) is 7.16. The van der Waals surface area contributed by atoms with Crippen LogP contribution in [-0.2, 0) is 0 Å². The molecule has 5 rings (SSSR count). The van der Waals surface area contributed by atoms with Gasteiger partial charge >= 0.3 is 0 Å². The molecule has 2 heterocycles. The fourth-order valence-electron chi connectivity index (χ4n) is 3.65. The lowest BCUT2D eigenvalue weighted by atomic mass is 10.0. The Morgan fingerprint density at radius 1 is 0.964 bits per heavy atom. The van der Waals surface area contributed by atoms with E-state index >= 15 is 0 Å². The van der Waals surface area contributed by atoms with Gasteiger partial charge in [-0.05, 0) is 65.7 Å². The molecule has 0 fully saturated rings. The average Bonchev–Trinajstić information content (AvgIpc) is 3.12. The van der Waals surface area contributed by atoms with Crippen LogP contribution in [0.4, 0.5) is 5.95 Å². The smallest absolute Gasteiger partial charge is 0.209 e. The summed E-state index contributed by atoms with van der Waals surface area (Å²) in [5.41, 5.74) is 5.31. The Morgan fingerprint density at radius 2 is 1.71 bits per heavy atom. The number of rotatable bonds is 3. The SMILES string of the molecule is COc1ccc(C2=C[C@H](c3ccc(Cl)cc3)n3c(nc4ccccc43)N2)cc1.